The van der Waals surface area contributed by atoms with E-state index < -0.39 is 0 Å². The van der Waals surface area contributed by atoms with Gasteiger partial charge in [-0.3, -0.25) is 5.10 Å². The Hall–Kier alpha value is -2.08. The maximum absolute atomic E-state index is 5.24. The van der Waals surface area contributed by atoms with Gasteiger partial charge in [-0.25, -0.2) is 4.98 Å². The molecule has 0 aliphatic rings. The molecule has 0 bridgehead atoms. The number of hydrogen-bond acceptors (Lipinski definition) is 5. The van der Waals surface area contributed by atoms with Crippen LogP contribution < -0.4 is 14.8 Å². The zero-order valence-corrected chi connectivity index (χ0v) is 11.3. The molecule has 1 atom stereocenters. The van der Waals surface area contributed by atoms with Crippen molar-refractivity contribution >= 4 is 0 Å². The van der Waals surface area contributed by atoms with Crippen LogP contribution in [-0.2, 0) is 6.54 Å². The average molecular weight is 262 g/mol. The Morgan fingerprint density at radius 2 is 1.89 bits per heavy atom. The molecule has 2 aromatic rings. The SMILES string of the molecule is COc1cc(CNC(C)c2ncn[nH]2)cc(OC)c1. The lowest BCUT2D eigenvalue weighted by Gasteiger charge is -2.12. The highest BCUT2D eigenvalue weighted by Crippen LogP contribution is 2.22. The molecule has 0 radical (unpaired) electrons. The number of benzene rings is 1. The van der Waals surface area contributed by atoms with Crippen molar-refractivity contribution in [2.75, 3.05) is 14.2 Å². The number of H-pyrrole nitrogens is 1. The molecule has 0 aliphatic carbocycles. The van der Waals surface area contributed by atoms with E-state index in [0.29, 0.717) is 6.54 Å². The molecule has 1 aromatic carbocycles. The van der Waals surface area contributed by atoms with Crippen LogP contribution in [0.1, 0.15) is 24.4 Å². The topological polar surface area (TPSA) is 72.1 Å². The number of rotatable bonds is 6. The fourth-order valence-electron chi connectivity index (χ4n) is 1.76. The molecular formula is C13H18N4O2. The van der Waals surface area contributed by atoms with Gasteiger partial charge in [0, 0.05) is 12.6 Å². The van der Waals surface area contributed by atoms with Gasteiger partial charge in [0.2, 0.25) is 0 Å². The lowest BCUT2D eigenvalue weighted by atomic mass is 10.2. The third kappa shape index (κ3) is 3.45. The molecule has 0 saturated heterocycles. The van der Waals surface area contributed by atoms with Crippen molar-refractivity contribution in [3.63, 3.8) is 0 Å². The first-order chi connectivity index (χ1) is 9.22. The van der Waals surface area contributed by atoms with E-state index in [1.54, 1.807) is 14.2 Å². The molecule has 6 nitrogen and oxygen atoms in total. The summed E-state index contributed by atoms with van der Waals surface area (Å²) in [6.45, 7) is 2.72. The van der Waals surface area contributed by atoms with Crippen LogP contribution >= 0.6 is 0 Å². The highest BCUT2D eigenvalue weighted by Gasteiger charge is 2.08. The van der Waals surface area contributed by atoms with Gasteiger partial charge in [0.05, 0.1) is 20.3 Å². The molecule has 1 aromatic heterocycles. The molecule has 2 N–H and O–H groups in total. The number of nitrogens with one attached hydrogen (secondary N) is 2. The van der Waals surface area contributed by atoms with E-state index in [4.69, 9.17) is 9.47 Å². The molecule has 6 heteroatoms. The lowest BCUT2D eigenvalue weighted by Crippen LogP contribution is -2.19. The Bertz CT molecular complexity index is 491. The van der Waals surface area contributed by atoms with Crippen molar-refractivity contribution < 1.29 is 9.47 Å². The van der Waals surface area contributed by atoms with Gasteiger partial charge < -0.3 is 14.8 Å². The summed E-state index contributed by atoms with van der Waals surface area (Å²) >= 11 is 0. The summed E-state index contributed by atoms with van der Waals surface area (Å²) in [6, 6.07) is 5.90. The third-order valence-corrected chi connectivity index (χ3v) is 2.87. The zero-order chi connectivity index (χ0) is 13.7. The predicted octanol–water partition coefficient (Wildman–Crippen LogP) is 1.67. The van der Waals surface area contributed by atoms with Gasteiger partial charge in [0.15, 0.2) is 0 Å². The van der Waals surface area contributed by atoms with Crippen molar-refractivity contribution in [3.05, 3.63) is 35.9 Å². The van der Waals surface area contributed by atoms with Crippen LogP contribution in [0.25, 0.3) is 0 Å². The molecule has 19 heavy (non-hydrogen) atoms. The molecule has 2 rings (SSSR count). The van der Waals surface area contributed by atoms with Crippen molar-refractivity contribution in [1.29, 1.82) is 0 Å². The van der Waals surface area contributed by atoms with Crippen LogP contribution in [0.4, 0.5) is 0 Å². The number of nitrogens with zero attached hydrogens (tertiary/aromatic N) is 2. The van der Waals surface area contributed by atoms with Crippen molar-refractivity contribution in [2.45, 2.75) is 19.5 Å². The average Bonchev–Trinajstić information content (AvgIpc) is 2.98. The Balaban J connectivity index is 2.02. The minimum absolute atomic E-state index is 0.0969. The summed E-state index contributed by atoms with van der Waals surface area (Å²) in [4.78, 5) is 4.12. The minimum Gasteiger partial charge on any atom is -0.497 e. The van der Waals surface area contributed by atoms with Crippen molar-refractivity contribution in [3.8, 4) is 11.5 Å². The Labute approximate surface area is 112 Å². The number of aromatic amines is 1. The molecule has 0 fully saturated rings. The van der Waals surface area contributed by atoms with E-state index >= 15 is 0 Å². The summed E-state index contributed by atoms with van der Waals surface area (Å²) in [5, 5.41) is 10.0. The molecule has 0 amide bonds. The van der Waals surface area contributed by atoms with Crippen LogP contribution in [0.2, 0.25) is 0 Å². The summed E-state index contributed by atoms with van der Waals surface area (Å²) < 4.78 is 10.5. The number of aromatic nitrogens is 3. The van der Waals surface area contributed by atoms with Crippen LogP contribution in [0.5, 0.6) is 11.5 Å². The summed E-state index contributed by atoms with van der Waals surface area (Å²) in [5.41, 5.74) is 1.09. The molecule has 1 unspecified atom stereocenters. The van der Waals surface area contributed by atoms with E-state index in [-0.39, 0.29) is 6.04 Å². The molecular weight excluding hydrogens is 244 g/mol. The second-order valence-electron chi connectivity index (χ2n) is 4.19. The second kappa shape index (κ2) is 6.19. The van der Waals surface area contributed by atoms with Crippen LogP contribution in [0.3, 0.4) is 0 Å². The molecule has 102 valence electrons. The van der Waals surface area contributed by atoms with Gasteiger partial charge in [-0.05, 0) is 24.6 Å². The first-order valence-electron chi connectivity index (χ1n) is 6.03. The maximum Gasteiger partial charge on any atom is 0.141 e. The molecule has 0 aliphatic heterocycles. The van der Waals surface area contributed by atoms with E-state index in [9.17, 15) is 0 Å². The molecule has 1 heterocycles. The number of hydrogen-bond donors (Lipinski definition) is 2. The van der Waals surface area contributed by atoms with Crippen LogP contribution in [-0.4, -0.2) is 29.4 Å². The third-order valence-electron chi connectivity index (χ3n) is 2.87. The molecule has 0 spiro atoms. The van der Waals surface area contributed by atoms with Crippen LogP contribution in [0.15, 0.2) is 24.5 Å². The van der Waals surface area contributed by atoms with Gasteiger partial charge in [-0.15, -0.1) is 0 Å². The highest BCUT2D eigenvalue weighted by atomic mass is 16.5. The smallest absolute Gasteiger partial charge is 0.141 e. The minimum atomic E-state index is 0.0969. The Kier molecular flexibility index (Phi) is 4.35. The summed E-state index contributed by atoms with van der Waals surface area (Å²) in [6.07, 6.45) is 1.50. The van der Waals surface area contributed by atoms with Gasteiger partial charge in [-0.2, -0.15) is 5.10 Å². The van der Waals surface area contributed by atoms with E-state index in [1.807, 2.05) is 25.1 Å². The first-order valence-corrected chi connectivity index (χ1v) is 6.03. The Morgan fingerprint density at radius 3 is 2.42 bits per heavy atom. The standard InChI is InChI=1S/C13H18N4O2/c1-9(13-15-8-16-17-13)14-7-10-4-11(18-2)6-12(5-10)19-3/h4-6,8-9,14H,7H2,1-3H3,(H,15,16,17). The largest absolute Gasteiger partial charge is 0.497 e. The maximum atomic E-state index is 5.24. The predicted molar refractivity (Wildman–Crippen MR) is 71.2 cm³/mol. The van der Waals surface area contributed by atoms with Crippen molar-refractivity contribution in [1.82, 2.24) is 20.5 Å². The second-order valence-corrected chi connectivity index (χ2v) is 4.19. The Morgan fingerprint density at radius 1 is 1.21 bits per heavy atom. The molecule has 0 saturated carbocycles. The van der Waals surface area contributed by atoms with Gasteiger partial charge in [-0.1, -0.05) is 0 Å². The number of ether oxygens (including phenoxy) is 2. The zero-order valence-electron chi connectivity index (χ0n) is 11.3. The number of methoxy groups -OCH3 is 2. The lowest BCUT2D eigenvalue weighted by molar-refractivity contribution is 0.392. The monoisotopic (exact) mass is 262 g/mol. The summed E-state index contributed by atoms with van der Waals surface area (Å²) in [5.74, 6) is 2.38. The van der Waals surface area contributed by atoms with E-state index in [1.165, 1.54) is 6.33 Å². The van der Waals surface area contributed by atoms with E-state index in [0.717, 1.165) is 22.9 Å². The van der Waals surface area contributed by atoms with E-state index in [2.05, 4.69) is 20.5 Å². The normalized spacial score (nSPS) is 12.2. The van der Waals surface area contributed by atoms with Gasteiger partial charge in [0.25, 0.3) is 0 Å². The fraction of sp³-hybridized carbons (Fsp3) is 0.385. The van der Waals surface area contributed by atoms with Gasteiger partial charge >= 0.3 is 0 Å². The van der Waals surface area contributed by atoms with Crippen LogP contribution in [0, 0.1) is 0 Å². The van der Waals surface area contributed by atoms with Gasteiger partial charge in [0.1, 0.15) is 23.7 Å². The highest BCUT2D eigenvalue weighted by molar-refractivity contribution is 5.38. The quantitative estimate of drug-likeness (QED) is 0.828. The fourth-order valence-corrected chi connectivity index (χ4v) is 1.76. The first kappa shape index (κ1) is 13.4. The van der Waals surface area contributed by atoms with Crippen molar-refractivity contribution in [2.24, 2.45) is 0 Å². The summed E-state index contributed by atoms with van der Waals surface area (Å²) in [7, 11) is 3.28.